The summed E-state index contributed by atoms with van der Waals surface area (Å²) >= 11 is 1.35. The zero-order valence-electron chi connectivity index (χ0n) is 35.6. The molecular weight excluding hydrogens is 869 g/mol. The number of nitrogens with zero attached hydrogens (tertiary/aromatic N) is 2. The Bertz CT molecular complexity index is 2520. The zero-order chi connectivity index (χ0) is 47.4. The number of urea groups is 1. The van der Waals surface area contributed by atoms with E-state index in [2.05, 4.69) is 36.6 Å². The van der Waals surface area contributed by atoms with E-state index in [-0.39, 0.29) is 37.2 Å². The van der Waals surface area contributed by atoms with Gasteiger partial charge < -0.3 is 62.3 Å². The van der Waals surface area contributed by atoms with Gasteiger partial charge in [0.25, 0.3) is 5.56 Å². The Hall–Kier alpha value is -7.11. The standard InChI is InChI=1S/C42H52N10O12S/c1-22(51(2)38(59)30(46-34(56)19-43)16-23-7-6-8-25(53)15-23)35(37(58)45-21-26-18-32(54)39(64-26)52-13-11-33(55)49-42(52)63)50-36(57)29(12-14-65-3)47-41(62)48-31(40(60)61)17-24-20-44-28-10-5-4-9-27(24)28/h4-11,13,15,20-22,29-32,35,39,44,53-54H,12,14,16-19,43H2,1-3H3,(H,45,58)(H,46,56)(H,50,57)(H,60,61)(H2,47,48,62)(H,49,55,63)/b26-21-/t22-,29?,30+,31?,32+,35?,39+/m0/s1. The number of phenols is 1. The van der Waals surface area contributed by atoms with Crippen LogP contribution in [0.4, 0.5) is 4.79 Å². The normalized spacial score (nSPS) is 17.5. The number of nitrogens with one attached hydrogen (secondary N) is 7. The Morgan fingerprint density at radius 1 is 0.985 bits per heavy atom. The highest BCUT2D eigenvalue weighted by atomic mass is 32.2. The zero-order valence-corrected chi connectivity index (χ0v) is 36.4. The van der Waals surface area contributed by atoms with Gasteiger partial charge in [-0.25, -0.2) is 14.4 Å². The monoisotopic (exact) mass is 920 g/mol. The second kappa shape index (κ2) is 22.5. The highest BCUT2D eigenvalue weighted by molar-refractivity contribution is 7.98. The van der Waals surface area contributed by atoms with Crippen LogP contribution < -0.4 is 43.6 Å². The van der Waals surface area contributed by atoms with E-state index < -0.39 is 96.0 Å². The number of thioether (sulfide) groups is 1. The van der Waals surface area contributed by atoms with Crippen molar-refractivity contribution >= 4 is 58.3 Å². The predicted octanol–water partition coefficient (Wildman–Crippen LogP) is -0.904. The lowest BCUT2D eigenvalue weighted by Gasteiger charge is -2.34. The maximum atomic E-state index is 14.2. The van der Waals surface area contributed by atoms with Crippen molar-refractivity contribution in [3.63, 3.8) is 0 Å². The van der Waals surface area contributed by atoms with Gasteiger partial charge in [-0.1, -0.05) is 30.3 Å². The molecule has 0 saturated carbocycles. The van der Waals surface area contributed by atoms with Crippen molar-refractivity contribution in [3.8, 4) is 5.75 Å². The Balaban J connectivity index is 1.39. The molecule has 4 aromatic rings. The maximum absolute atomic E-state index is 14.2. The van der Waals surface area contributed by atoms with Crippen molar-refractivity contribution < 1.29 is 48.8 Å². The van der Waals surface area contributed by atoms with E-state index >= 15 is 0 Å². The van der Waals surface area contributed by atoms with E-state index in [9.17, 15) is 53.7 Å². The van der Waals surface area contributed by atoms with E-state index in [1.54, 1.807) is 36.7 Å². The van der Waals surface area contributed by atoms with Gasteiger partial charge in [0.05, 0.1) is 12.6 Å². The predicted molar refractivity (Wildman–Crippen MR) is 237 cm³/mol. The first-order valence-corrected chi connectivity index (χ1v) is 21.7. The number of aliphatic carboxylic acids is 1. The number of aromatic hydroxyl groups is 1. The van der Waals surface area contributed by atoms with Crippen molar-refractivity contribution in [1.82, 2.24) is 46.0 Å². The summed E-state index contributed by atoms with van der Waals surface area (Å²) in [7, 11) is 1.33. The number of hydrogen-bond donors (Lipinski definition) is 11. The Labute approximate surface area is 375 Å². The molecule has 0 spiro atoms. The van der Waals surface area contributed by atoms with Crippen molar-refractivity contribution in [2.24, 2.45) is 5.73 Å². The van der Waals surface area contributed by atoms with Crippen LogP contribution in [0.15, 0.2) is 88.5 Å². The van der Waals surface area contributed by atoms with Gasteiger partial charge in [-0.3, -0.25) is 33.5 Å². The fourth-order valence-electron chi connectivity index (χ4n) is 7.08. The quantitative estimate of drug-likeness (QED) is 0.0512. The molecule has 348 valence electrons. The first-order chi connectivity index (χ1) is 31.0. The molecule has 0 aliphatic carbocycles. The molecule has 1 fully saturated rings. The molecule has 3 heterocycles. The molecule has 1 saturated heterocycles. The third-order valence-corrected chi connectivity index (χ3v) is 11.3. The van der Waals surface area contributed by atoms with Crippen molar-refractivity contribution in [1.29, 1.82) is 0 Å². The molecule has 3 unspecified atom stereocenters. The van der Waals surface area contributed by atoms with Crippen LogP contribution in [-0.4, -0.2) is 132 Å². The summed E-state index contributed by atoms with van der Waals surface area (Å²) in [6.45, 7) is 0.987. The molecule has 12 N–H and O–H groups in total. The highest BCUT2D eigenvalue weighted by Crippen LogP contribution is 2.30. The van der Waals surface area contributed by atoms with Crippen LogP contribution in [0.25, 0.3) is 10.9 Å². The first kappa shape index (κ1) is 48.9. The number of benzene rings is 2. The summed E-state index contributed by atoms with van der Waals surface area (Å²) in [6, 6.07) is 6.53. The molecule has 5 rings (SSSR count). The van der Waals surface area contributed by atoms with E-state index in [0.29, 0.717) is 16.9 Å². The van der Waals surface area contributed by atoms with Crippen molar-refractivity contribution in [3.05, 3.63) is 111 Å². The van der Waals surface area contributed by atoms with Crippen LogP contribution >= 0.6 is 11.8 Å². The van der Waals surface area contributed by atoms with Gasteiger partial charge in [0.15, 0.2) is 0 Å². The number of likely N-dealkylation sites (N-methyl/N-ethyl adjacent to an activating group) is 1. The molecular formula is C42H52N10O12S. The number of para-hydroxylation sites is 1. The van der Waals surface area contributed by atoms with Gasteiger partial charge in [-0.2, -0.15) is 11.8 Å². The number of ether oxygens (including phenoxy) is 1. The molecule has 0 bridgehead atoms. The summed E-state index contributed by atoms with van der Waals surface area (Å²) in [5.74, 6) is -4.25. The maximum Gasteiger partial charge on any atom is 0.331 e. The second-order valence-electron chi connectivity index (χ2n) is 15.2. The minimum absolute atomic E-state index is 0.00333. The molecule has 6 amide bonds. The molecule has 2 aromatic heterocycles. The lowest BCUT2D eigenvalue weighted by molar-refractivity contribution is -0.140. The number of aromatic amines is 2. The molecule has 1 aliphatic heterocycles. The fraction of sp³-hybridized carbons (Fsp3) is 0.381. The molecule has 65 heavy (non-hydrogen) atoms. The van der Waals surface area contributed by atoms with E-state index in [0.717, 1.165) is 38.8 Å². The number of aromatic nitrogens is 3. The minimum atomic E-state index is -1.60. The van der Waals surface area contributed by atoms with Gasteiger partial charge >= 0.3 is 17.7 Å². The summed E-state index contributed by atoms with van der Waals surface area (Å²) < 4.78 is 6.68. The number of amides is 6. The number of carboxylic acid groups (broad SMARTS) is 1. The summed E-state index contributed by atoms with van der Waals surface area (Å²) in [4.78, 5) is 111. The molecule has 0 radical (unpaired) electrons. The molecule has 22 nitrogen and oxygen atoms in total. The lowest BCUT2D eigenvalue weighted by atomic mass is 10.0. The number of hydrogen-bond acceptors (Lipinski definition) is 13. The SMILES string of the molecule is CSCCC(NC(=O)NC(Cc1c[nH]c2ccccc12)C(=O)O)C(=O)NC(C(=O)N/C=C1/C[C@@H](O)[C@H](n2ccc(=O)[nH]c2=O)O1)[C@H](C)N(C)C(=O)[C@@H](Cc1cccc(O)c1)NC(=O)CN. The third kappa shape index (κ3) is 13.0. The molecule has 7 atom stereocenters. The van der Waals surface area contributed by atoms with E-state index in [1.807, 2.05) is 12.1 Å². The highest BCUT2D eigenvalue weighted by Gasteiger charge is 2.38. The minimum Gasteiger partial charge on any atom is -0.508 e. The van der Waals surface area contributed by atoms with E-state index in [4.69, 9.17) is 10.5 Å². The first-order valence-electron chi connectivity index (χ1n) is 20.3. The Morgan fingerprint density at radius 2 is 1.72 bits per heavy atom. The summed E-state index contributed by atoms with van der Waals surface area (Å²) in [5.41, 5.74) is 5.90. The molecule has 2 aromatic carbocycles. The smallest absolute Gasteiger partial charge is 0.331 e. The van der Waals surface area contributed by atoms with E-state index in [1.165, 1.54) is 37.9 Å². The van der Waals surface area contributed by atoms with Gasteiger partial charge in [0, 0.05) is 61.9 Å². The third-order valence-electron chi connectivity index (χ3n) is 10.6. The number of carbonyl (C=O) groups excluding carboxylic acids is 5. The van der Waals surface area contributed by atoms with Crippen LogP contribution in [0.2, 0.25) is 0 Å². The van der Waals surface area contributed by atoms with Crippen molar-refractivity contribution in [2.75, 3.05) is 25.6 Å². The number of H-pyrrole nitrogens is 2. The number of fused-ring (bicyclic) bond motifs is 1. The average Bonchev–Trinajstić information content (AvgIpc) is 3.86. The lowest BCUT2D eigenvalue weighted by Crippen LogP contribution is -2.62. The average molecular weight is 921 g/mol. The fourth-order valence-corrected chi connectivity index (χ4v) is 7.55. The number of rotatable bonds is 20. The number of aliphatic hydroxyl groups is 1. The number of nitrogens with two attached hydrogens (primary N) is 1. The van der Waals surface area contributed by atoms with Gasteiger partial charge in [-0.05, 0) is 54.7 Å². The Kier molecular flexibility index (Phi) is 16.9. The van der Waals surface area contributed by atoms with Crippen LogP contribution in [0.1, 0.15) is 37.1 Å². The van der Waals surface area contributed by atoms with Crippen LogP contribution in [0, 0.1) is 0 Å². The molecule has 23 heteroatoms. The number of aliphatic hydroxyl groups excluding tert-OH is 1. The van der Waals surface area contributed by atoms with Gasteiger partial charge in [0.2, 0.25) is 29.9 Å². The largest absolute Gasteiger partial charge is 0.508 e. The number of carboxylic acids is 1. The molecule has 1 aliphatic rings. The number of carbonyl (C=O) groups is 6. The topological polar surface area (TPSA) is 332 Å². The second-order valence-corrected chi connectivity index (χ2v) is 16.2. The van der Waals surface area contributed by atoms with Crippen LogP contribution in [0.5, 0.6) is 5.75 Å². The Morgan fingerprint density at radius 3 is 2.42 bits per heavy atom. The van der Waals surface area contributed by atoms with Crippen LogP contribution in [-0.2, 0) is 41.6 Å². The van der Waals surface area contributed by atoms with Crippen LogP contribution in [0.3, 0.4) is 0 Å². The summed E-state index contributed by atoms with van der Waals surface area (Å²) in [6.07, 6.45) is 2.72. The van der Waals surface area contributed by atoms with Crippen molar-refractivity contribution in [2.45, 2.75) is 75.1 Å². The van der Waals surface area contributed by atoms with Gasteiger partial charge in [-0.15, -0.1) is 0 Å². The van der Waals surface area contributed by atoms with Gasteiger partial charge in [0.1, 0.15) is 41.8 Å². The number of phenolic OH excluding ortho intramolecular Hbond substituents is 1. The summed E-state index contributed by atoms with van der Waals surface area (Å²) in [5, 5.41) is 44.2.